The van der Waals surface area contributed by atoms with Gasteiger partial charge >= 0.3 is 0 Å². The molecule has 1 aromatic rings. The smallest absolute Gasteiger partial charge is 0.161 e. The quantitative estimate of drug-likeness (QED) is 0.659. The highest BCUT2D eigenvalue weighted by Gasteiger charge is 2.27. The highest BCUT2D eigenvalue weighted by molar-refractivity contribution is 6.37. The number of nitrogens with two attached hydrogens (primary N) is 1. The number of nitrogen functional groups attached to an aromatic ring is 1. The molecule has 0 bridgehead atoms. The lowest BCUT2D eigenvalue weighted by molar-refractivity contribution is 0.187. The van der Waals surface area contributed by atoms with Gasteiger partial charge in [0.1, 0.15) is 5.82 Å². The minimum absolute atomic E-state index is 0.441. The Bertz CT molecular complexity index is 496. The molecule has 0 spiro atoms. The molecule has 0 atom stereocenters. The molecule has 116 valence electrons. The van der Waals surface area contributed by atoms with Gasteiger partial charge in [-0.3, -0.25) is 4.90 Å². The second kappa shape index (κ2) is 6.57. The first kappa shape index (κ1) is 15.2. The first-order valence-corrected chi connectivity index (χ1v) is 8.26. The van der Waals surface area contributed by atoms with E-state index in [1.54, 1.807) is 6.07 Å². The Labute approximate surface area is 135 Å². The van der Waals surface area contributed by atoms with Crippen LogP contribution in [0.15, 0.2) is 6.07 Å². The summed E-state index contributed by atoms with van der Waals surface area (Å²) in [4.78, 5) is 9.26. The molecule has 1 saturated carbocycles. The Balaban J connectivity index is 1.69. The Morgan fingerprint density at radius 2 is 1.76 bits per heavy atom. The van der Waals surface area contributed by atoms with E-state index < -0.39 is 0 Å². The van der Waals surface area contributed by atoms with Crippen LogP contribution in [0.3, 0.4) is 0 Å². The van der Waals surface area contributed by atoms with Gasteiger partial charge in [0, 0.05) is 32.2 Å². The maximum atomic E-state index is 6.28. The molecule has 0 radical (unpaired) electrons. The van der Waals surface area contributed by atoms with E-state index in [2.05, 4.69) is 20.2 Å². The summed E-state index contributed by atoms with van der Waals surface area (Å²) in [7, 11) is 0. The number of nitrogens with zero attached hydrogens (tertiary/aromatic N) is 3. The predicted octanol–water partition coefficient (Wildman–Crippen LogP) is 2.74. The Hall–Kier alpha value is -0.750. The van der Waals surface area contributed by atoms with Crippen LogP contribution in [0.2, 0.25) is 10.0 Å². The Kier molecular flexibility index (Phi) is 4.74. The molecule has 7 heteroatoms. The lowest BCUT2D eigenvalue weighted by atomic mass is 10.2. The number of nitrogens with one attached hydrogen (secondary N) is 1. The standard InChI is InChI=1S/C14H21Cl2N5/c15-11-9-12(16)14(18-13(11)19-17)21-7-5-20(6-8-21)10-3-1-2-4-10/h9-10H,1-8,17H2,(H,18,19). The van der Waals surface area contributed by atoms with E-state index in [1.165, 1.54) is 25.7 Å². The normalized spacial score (nSPS) is 21.0. The zero-order chi connectivity index (χ0) is 14.8. The molecule has 2 aliphatic rings. The van der Waals surface area contributed by atoms with Crippen molar-refractivity contribution in [2.75, 3.05) is 36.5 Å². The second-order valence-corrected chi connectivity index (χ2v) is 6.54. The zero-order valence-corrected chi connectivity index (χ0v) is 13.5. The van der Waals surface area contributed by atoms with Crippen molar-refractivity contribution < 1.29 is 0 Å². The Morgan fingerprint density at radius 1 is 1.10 bits per heavy atom. The van der Waals surface area contributed by atoms with Crippen molar-refractivity contribution in [1.82, 2.24) is 9.88 Å². The maximum Gasteiger partial charge on any atom is 0.161 e. The SMILES string of the molecule is NNc1nc(N2CCN(C3CCCC3)CC2)c(Cl)cc1Cl. The lowest BCUT2D eigenvalue weighted by Crippen LogP contribution is -2.50. The Morgan fingerprint density at radius 3 is 2.38 bits per heavy atom. The summed E-state index contributed by atoms with van der Waals surface area (Å²) < 4.78 is 0. The van der Waals surface area contributed by atoms with E-state index in [0.29, 0.717) is 15.9 Å². The summed E-state index contributed by atoms with van der Waals surface area (Å²) in [5.74, 6) is 6.67. The summed E-state index contributed by atoms with van der Waals surface area (Å²) >= 11 is 12.3. The van der Waals surface area contributed by atoms with Crippen LogP contribution in [0.5, 0.6) is 0 Å². The van der Waals surface area contributed by atoms with E-state index >= 15 is 0 Å². The first-order chi connectivity index (χ1) is 10.2. The highest BCUT2D eigenvalue weighted by atomic mass is 35.5. The second-order valence-electron chi connectivity index (χ2n) is 5.73. The fourth-order valence-corrected chi connectivity index (χ4v) is 3.88. The summed E-state index contributed by atoms with van der Waals surface area (Å²) in [6, 6.07) is 2.48. The number of anilines is 2. The van der Waals surface area contributed by atoms with Crippen LogP contribution in [0.1, 0.15) is 25.7 Å². The molecule has 0 unspecified atom stereocenters. The predicted molar refractivity (Wildman–Crippen MR) is 88.1 cm³/mol. The monoisotopic (exact) mass is 329 g/mol. The molecule has 3 rings (SSSR count). The summed E-state index contributed by atoms with van der Waals surface area (Å²) in [5.41, 5.74) is 2.52. The number of halogens is 2. The van der Waals surface area contributed by atoms with Crippen molar-refractivity contribution in [3.63, 3.8) is 0 Å². The van der Waals surface area contributed by atoms with Gasteiger partial charge < -0.3 is 10.3 Å². The summed E-state index contributed by atoms with van der Waals surface area (Å²) in [6.45, 7) is 4.01. The molecule has 1 saturated heterocycles. The molecule has 1 aliphatic heterocycles. The molecular formula is C14H21Cl2N5. The third-order valence-corrected chi connectivity index (χ3v) is 5.07. The highest BCUT2D eigenvalue weighted by Crippen LogP contribution is 2.32. The van der Waals surface area contributed by atoms with Gasteiger partial charge in [0.05, 0.1) is 10.0 Å². The zero-order valence-electron chi connectivity index (χ0n) is 12.0. The van der Waals surface area contributed by atoms with Crippen LogP contribution in [-0.2, 0) is 0 Å². The fourth-order valence-electron chi connectivity index (χ4n) is 3.35. The molecule has 0 amide bonds. The molecule has 21 heavy (non-hydrogen) atoms. The molecule has 2 fully saturated rings. The van der Waals surface area contributed by atoms with E-state index in [4.69, 9.17) is 29.0 Å². The van der Waals surface area contributed by atoms with Gasteiger partial charge in [0.15, 0.2) is 5.82 Å². The van der Waals surface area contributed by atoms with Crippen LogP contribution in [0.25, 0.3) is 0 Å². The molecule has 1 aliphatic carbocycles. The third-order valence-electron chi connectivity index (χ3n) is 4.50. The van der Waals surface area contributed by atoms with Gasteiger partial charge in [-0.05, 0) is 18.9 Å². The van der Waals surface area contributed by atoms with Crippen molar-refractivity contribution >= 4 is 34.8 Å². The van der Waals surface area contributed by atoms with Crippen molar-refractivity contribution in [3.8, 4) is 0 Å². The molecule has 2 heterocycles. The molecular weight excluding hydrogens is 309 g/mol. The van der Waals surface area contributed by atoms with Gasteiger partial charge in [-0.25, -0.2) is 10.8 Å². The number of hydrazine groups is 1. The number of hydrogen-bond acceptors (Lipinski definition) is 5. The number of piperazine rings is 1. The van der Waals surface area contributed by atoms with Gasteiger partial charge in [-0.2, -0.15) is 0 Å². The lowest BCUT2D eigenvalue weighted by Gasteiger charge is -2.38. The van der Waals surface area contributed by atoms with Gasteiger partial charge in [-0.1, -0.05) is 36.0 Å². The number of rotatable bonds is 3. The van der Waals surface area contributed by atoms with E-state index in [0.717, 1.165) is 38.0 Å². The van der Waals surface area contributed by atoms with Crippen molar-refractivity contribution in [2.24, 2.45) is 5.84 Å². The van der Waals surface area contributed by atoms with Crippen molar-refractivity contribution in [1.29, 1.82) is 0 Å². The van der Waals surface area contributed by atoms with Gasteiger partial charge in [0.25, 0.3) is 0 Å². The van der Waals surface area contributed by atoms with E-state index in [-0.39, 0.29) is 0 Å². The van der Waals surface area contributed by atoms with Crippen molar-refractivity contribution in [2.45, 2.75) is 31.7 Å². The van der Waals surface area contributed by atoms with E-state index in [1.807, 2.05) is 0 Å². The van der Waals surface area contributed by atoms with E-state index in [9.17, 15) is 0 Å². The summed E-state index contributed by atoms with van der Waals surface area (Å²) in [6.07, 6.45) is 5.45. The largest absolute Gasteiger partial charge is 0.353 e. The average Bonchev–Trinajstić information content (AvgIpc) is 3.02. The molecule has 0 aromatic carbocycles. The van der Waals surface area contributed by atoms with Crippen LogP contribution in [0, 0.1) is 0 Å². The molecule has 5 nitrogen and oxygen atoms in total. The van der Waals surface area contributed by atoms with Crippen LogP contribution >= 0.6 is 23.2 Å². The van der Waals surface area contributed by atoms with Crippen molar-refractivity contribution in [3.05, 3.63) is 16.1 Å². The minimum atomic E-state index is 0.441. The van der Waals surface area contributed by atoms with Gasteiger partial charge in [-0.15, -0.1) is 0 Å². The van der Waals surface area contributed by atoms with Crippen LogP contribution in [-0.4, -0.2) is 42.1 Å². The minimum Gasteiger partial charge on any atom is -0.353 e. The topological polar surface area (TPSA) is 57.4 Å². The number of pyridine rings is 1. The number of hydrogen-bond donors (Lipinski definition) is 2. The average molecular weight is 330 g/mol. The van der Waals surface area contributed by atoms with Crippen LogP contribution < -0.4 is 16.2 Å². The molecule has 1 aromatic heterocycles. The number of aromatic nitrogens is 1. The van der Waals surface area contributed by atoms with Gasteiger partial charge in [0.2, 0.25) is 0 Å². The third kappa shape index (κ3) is 3.21. The van der Waals surface area contributed by atoms with Crippen LogP contribution in [0.4, 0.5) is 11.6 Å². The molecule has 3 N–H and O–H groups in total. The summed E-state index contributed by atoms with van der Waals surface area (Å²) in [5, 5.41) is 1.02. The fraction of sp³-hybridized carbons (Fsp3) is 0.643. The maximum absolute atomic E-state index is 6.28. The first-order valence-electron chi connectivity index (χ1n) is 7.50.